The molecule has 1 heterocycles. The van der Waals surface area contributed by atoms with Crippen LogP contribution in [-0.2, 0) is 17.3 Å². The molecule has 0 aliphatic heterocycles. The van der Waals surface area contributed by atoms with Gasteiger partial charge in [0, 0.05) is 0 Å². The SMILES string of the molecule is Cc1coc([Si](C)(C)CCc2cc(C(C)(C)C)c(O)cc2C(C)(C)C)c1. The van der Waals surface area contributed by atoms with Crippen molar-refractivity contribution in [2.45, 2.75) is 84.9 Å². The molecule has 1 aromatic heterocycles. The molecule has 0 bridgehead atoms. The van der Waals surface area contributed by atoms with Crippen molar-refractivity contribution in [1.82, 2.24) is 0 Å². The summed E-state index contributed by atoms with van der Waals surface area (Å²) in [6, 6.07) is 7.58. The van der Waals surface area contributed by atoms with Crippen molar-refractivity contribution in [3.05, 3.63) is 46.7 Å². The van der Waals surface area contributed by atoms with Gasteiger partial charge in [-0.25, -0.2) is 0 Å². The van der Waals surface area contributed by atoms with Gasteiger partial charge in [0.25, 0.3) is 0 Å². The van der Waals surface area contributed by atoms with Crippen LogP contribution in [0.4, 0.5) is 0 Å². The number of hydrogen-bond acceptors (Lipinski definition) is 2. The first-order valence-electron chi connectivity index (χ1n) is 9.64. The van der Waals surface area contributed by atoms with Crippen molar-refractivity contribution in [2.24, 2.45) is 0 Å². The highest BCUT2D eigenvalue weighted by atomic mass is 28.3. The topological polar surface area (TPSA) is 33.4 Å². The van der Waals surface area contributed by atoms with E-state index >= 15 is 0 Å². The lowest BCUT2D eigenvalue weighted by atomic mass is 9.78. The van der Waals surface area contributed by atoms with Crippen LogP contribution in [0.15, 0.2) is 28.9 Å². The Bertz CT molecular complexity index is 770. The Labute approximate surface area is 160 Å². The Balaban J connectivity index is 2.40. The van der Waals surface area contributed by atoms with Crippen molar-refractivity contribution < 1.29 is 9.52 Å². The van der Waals surface area contributed by atoms with Crippen LogP contribution in [0.5, 0.6) is 5.75 Å². The number of aromatic hydroxyl groups is 1. The molecule has 0 aliphatic carbocycles. The number of furan rings is 1. The lowest BCUT2D eigenvalue weighted by molar-refractivity contribution is 0.442. The fourth-order valence-corrected chi connectivity index (χ4v) is 5.63. The summed E-state index contributed by atoms with van der Waals surface area (Å²) in [4.78, 5) is 0. The minimum Gasteiger partial charge on any atom is -0.508 e. The number of phenols is 1. The van der Waals surface area contributed by atoms with Gasteiger partial charge in [-0.2, -0.15) is 0 Å². The van der Waals surface area contributed by atoms with Crippen LogP contribution in [-0.4, -0.2) is 13.2 Å². The second kappa shape index (κ2) is 6.92. The highest BCUT2D eigenvalue weighted by molar-refractivity contribution is 6.88. The molecule has 0 aliphatic rings. The summed E-state index contributed by atoms with van der Waals surface area (Å²) in [5.41, 5.74) is 4.80. The molecule has 0 unspecified atom stereocenters. The Morgan fingerprint density at radius 1 is 0.923 bits per heavy atom. The van der Waals surface area contributed by atoms with Crippen LogP contribution in [0, 0.1) is 6.92 Å². The van der Waals surface area contributed by atoms with E-state index in [1.54, 1.807) is 0 Å². The van der Waals surface area contributed by atoms with Crippen molar-refractivity contribution in [2.75, 3.05) is 0 Å². The molecule has 0 saturated carbocycles. The molecular weight excluding hydrogens is 336 g/mol. The fraction of sp³-hybridized carbons (Fsp3) is 0.565. The minimum absolute atomic E-state index is 0.0101. The summed E-state index contributed by atoms with van der Waals surface area (Å²) in [7, 11) is -1.63. The van der Waals surface area contributed by atoms with Gasteiger partial charge < -0.3 is 9.52 Å². The highest BCUT2D eigenvalue weighted by Gasteiger charge is 2.29. The van der Waals surface area contributed by atoms with E-state index in [0.29, 0.717) is 5.75 Å². The third-order valence-corrected chi connectivity index (χ3v) is 8.35. The van der Waals surface area contributed by atoms with Gasteiger partial charge in [-0.3, -0.25) is 0 Å². The Morgan fingerprint density at radius 3 is 1.96 bits per heavy atom. The Kier molecular flexibility index (Phi) is 5.54. The van der Waals surface area contributed by atoms with Gasteiger partial charge in [0.2, 0.25) is 0 Å². The van der Waals surface area contributed by atoms with Crippen LogP contribution in [0.1, 0.15) is 63.8 Å². The summed E-state index contributed by atoms with van der Waals surface area (Å²) in [6.45, 7) is 20.0. The Hall–Kier alpha value is -1.48. The van der Waals surface area contributed by atoms with E-state index in [1.807, 2.05) is 12.3 Å². The lowest BCUT2D eigenvalue weighted by Crippen LogP contribution is -2.40. The number of aryl methyl sites for hydroxylation is 2. The van der Waals surface area contributed by atoms with E-state index < -0.39 is 8.07 Å². The first kappa shape index (κ1) is 20.8. The molecule has 2 aromatic rings. The molecule has 0 radical (unpaired) electrons. The maximum atomic E-state index is 10.6. The number of benzene rings is 1. The Morgan fingerprint density at radius 2 is 1.50 bits per heavy atom. The molecule has 26 heavy (non-hydrogen) atoms. The first-order chi connectivity index (χ1) is 11.7. The third-order valence-electron chi connectivity index (χ3n) is 5.25. The minimum atomic E-state index is -1.63. The predicted molar refractivity (Wildman–Crippen MR) is 115 cm³/mol. The van der Waals surface area contributed by atoms with E-state index in [9.17, 15) is 5.11 Å². The smallest absolute Gasteiger partial charge is 0.126 e. The van der Waals surface area contributed by atoms with Gasteiger partial charge >= 0.3 is 0 Å². The third kappa shape index (κ3) is 4.62. The van der Waals surface area contributed by atoms with Gasteiger partial charge in [0.05, 0.1) is 11.6 Å². The maximum Gasteiger partial charge on any atom is 0.126 e. The van der Waals surface area contributed by atoms with Gasteiger partial charge in [-0.05, 0) is 64.6 Å². The lowest BCUT2D eigenvalue weighted by Gasteiger charge is -2.29. The second-order valence-corrected chi connectivity index (χ2v) is 15.2. The molecule has 0 atom stereocenters. The molecule has 3 heteroatoms. The monoisotopic (exact) mass is 372 g/mol. The van der Waals surface area contributed by atoms with Crippen molar-refractivity contribution in [3.8, 4) is 5.75 Å². The molecule has 144 valence electrons. The van der Waals surface area contributed by atoms with Crippen LogP contribution in [0.2, 0.25) is 19.1 Å². The molecule has 1 aromatic carbocycles. The molecular formula is C23H36O2Si. The van der Waals surface area contributed by atoms with E-state index in [2.05, 4.69) is 73.7 Å². The fourth-order valence-electron chi connectivity index (χ4n) is 3.50. The van der Waals surface area contributed by atoms with E-state index in [0.717, 1.165) is 18.0 Å². The molecule has 2 nitrogen and oxygen atoms in total. The summed E-state index contributed by atoms with van der Waals surface area (Å²) < 4.78 is 5.83. The van der Waals surface area contributed by atoms with Gasteiger partial charge in [0.15, 0.2) is 0 Å². The van der Waals surface area contributed by atoms with Crippen LogP contribution in [0.25, 0.3) is 0 Å². The van der Waals surface area contributed by atoms with E-state index in [-0.39, 0.29) is 10.8 Å². The molecule has 1 N–H and O–H groups in total. The summed E-state index contributed by atoms with van der Waals surface area (Å²) in [6.07, 6.45) is 2.89. The van der Waals surface area contributed by atoms with Crippen molar-refractivity contribution in [1.29, 1.82) is 0 Å². The van der Waals surface area contributed by atoms with Gasteiger partial charge in [0.1, 0.15) is 13.8 Å². The number of phenolic OH excluding ortho intramolecular Hbond substituents is 1. The molecule has 0 spiro atoms. The quantitative estimate of drug-likeness (QED) is 0.663. The van der Waals surface area contributed by atoms with Crippen molar-refractivity contribution in [3.63, 3.8) is 0 Å². The average molecular weight is 373 g/mol. The largest absolute Gasteiger partial charge is 0.508 e. The standard InChI is InChI=1S/C23H36O2Si/c1-16-12-21(25-15-16)26(8,9)11-10-17-13-19(23(5,6)7)20(24)14-18(17)22(2,3)4/h12-15,24H,10-11H2,1-9H3. The molecule has 0 saturated heterocycles. The predicted octanol–water partition coefficient (Wildman–Crippen LogP) is 6.05. The average Bonchev–Trinajstić information content (AvgIpc) is 2.91. The van der Waals surface area contributed by atoms with Crippen LogP contribution >= 0.6 is 0 Å². The number of hydrogen-bond donors (Lipinski definition) is 1. The summed E-state index contributed by atoms with van der Waals surface area (Å²) in [5, 5.41) is 11.8. The summed E-state index contributed by atoms with van der Waals surface area (Å²) in [5.74, 6) is 0.421. The molecule has 2 rings (SSSR count). The number of rotatable bonds is 4. The maximum absolute atomic E-state index is 10.6. The zero-order valence-electron chi connectivity index (χ0n) is 18.1. The zero-order valence-corrected chi connectivity index (χ0v) is 19.1. The zero-order chi connectivity index (χ0) is 19.9. The second-order valence-electron chi connectivity index (χ2n) is 10.4. The highest BCUT2D eigenvalue weighted by Crippen LogP contribution is 2.38. The van der Waals surface area contributed by atoms with E-state index in [4.69, 9.17) is 4.42 Å². The van der Waals surface area contributed by atoms with Gasteiger partial charge in [-0.1, -0.05) is 60.7 Å². The molecule has 0 amide bonds. The van der Waals surface area contributed by atoms with Crippen LogP contribution in [0.3, 0.4) is 0 Å². The first-order valence-corrected chi connectivity index (χ1v) is 12.8. The van der Waals surface area contributed by atoms with Crippen molar-refractivity contribution >= 4 is 13.5 Å². The molecule has 0 fully saturated rings. The van der Waals surface area contributed by atoms with Crippen LogP contribution < -0.4 is 5.38 Å². The van der Waals surface area contributed by atoms with Gasteiger partial charge in [-0.15, -0.1) is 0 Å². The normalized spacial score (nSPS) is 13.3. The summed E-state index contributed by atoms with van der Waals surface area (Å²) >= 11 is 0. The van der Waals surface area contributed by atoms with E-state index in [1.165, 1.54) is 22.1 Å².